The fourth-order valence-corrected chi connectivity index (χ4v) is 6.29. The third-order valence-electron chi connectivity index (χ3n) is 7.13. The van der Waals surface area contributed by atoms with Crippen LogP contribution in [0.2, 0.25) is 0 Å². The van der Waals surface area contributed by atoms with Crippen molar-refractivity contribution in [2.75, 3.05) is 6.54 Å². The molecule has 4 atom stereocenters. The van der Waals surface area contributed by atoms with Crippen molar-refractivity contribution in [2.24, 2.45) is 5.92 Å². The third-order valence-corrected chi connectivity index (χ3v) is 8.95. The Morgan fingerprint density at radius 3 is 2.56 bits per heavy atom. The summed E-state index contributed by atoms with van der Waals surface area (Å²) in [5.74, 6) is -2.05. The van der Waals surface area contributed by atoms with Crippen LogP contribution in [0.15, 0.2) is 12.2 Å². The first-order chi connectivity index (χ1) is 16.1. The maximum absolute atomic E-state index is 13.3. The Balaban J connectivity index is 1.56. The van der Waals surface area contributed by atoms with Gasteiger partial charge in [0.05, 0.1) is 5.25 Å². The molecule has 11 nitrogen and oxygen atoms in total. The van der Waals surface area contributed by atoms with E-state index < -0.39 is 56.7 Å². The van der Waals surface area contributed by atoms with Gasteiger partial charge in [-0.3, -0.25) is 19.1 Å². The van der Waals surface area contributed by atoms with Gasteiger partial charge in [0.15, 0.2) is 0 Å². The molecule has 4 aliphatic rings. The van der Waals surface area contributed by atoms with Crippen LogP contribution in [0.5, 0.6) is 0 Å². The van der Waals surface area contributed by atoms with Crippen molar-refractivity contribution in [3.63, 3.8) is 0 Å². The van der Waals surface area contributed by atoms with Crippen LogP contribution in [-0.4, -0.2) is 71.7 Å². The molecule has 188 valence electrons. The molecule has 0 bridgehead atoms. The molecule has 0 aromatic carbocycles. The number of hydrogen-bond donors (Lipinski definition) is 4. The number of hydrogen-bond acceptors (Lipinski definition) is 6. The smallest absolute Gasteiger partial charge is 0.405 e. The lowest BCUT2D eigenvalue weighted by Crippen LogP contribution is -2.58. The van der Waals surface area contributed by atoms with E-state index in [2.05, 4.69) is 15.4 Å². The highest BCUT2D eigenvalue weighted by molar-refractivity contribution is 7.91. The van der Waals surface area contributed by atoms with Gasteiger partial charge in [-0.25, -0.2) is 13.2 Å². The quantitative estimate of drug-likeness (QED) is 0.415. The molecule has 34 heavy (non-hydrogen) atoms. The summed E-state index contributed by atoms with van der Waals surface area (Å²) in [4.78, 5) is 52.2. The molecule has 1 saturated heterocycles. The highest BCUT2D eigenvalue weighted by Crippen LogP contribution is 2.46. The predicted molar refractivity (Wildman–Crippen MR) is 121 cm³/mol. The summed E-state index contributed by atoms with van der Waals surface area (Å²) in [6.07, 6.45) is 8.09. The number of carbonyl (C=O) groups is 4. The van der Waals surface area contributed by atoms with E-state index in [1.165, 1.54) is 4.90 Å². The standard InChI is InChI=1S/C22H32N4O7S/c27-18-17-9-6-12-26(17)19(28)16(23-21(30)31)8-5-3-1-2-4-7-14-13-22(14,24-18)20(29)25-34(32,33)15-10-11-15/h4,7,14-17,23H,1-3,5-6,8-13H2,(H,24,27)(H,25,29)(H,30,31)/b7-4+. The van der Waals surface area contributed by atoms with Gasteiger partial charge in [-0.2, -0.15) is 0 Å². The van der Waals surface area contributed by atoms with Gasteiger partial charge < -0.3 is 20.6 Å². The molecule has 4 N–H and O–H groups in total. The van der Waals surface area contributed by atoms with Crippen LogP contribution >= 0.6 is 0 Å². The van der Waals surface area contributed by atoms with Crippen LogP contribution in [0.3, 0.4) is 0 Å². The summed E-state index contributed by atoms with van der Waals surface area (Å²) in [7, 11) is -3.78. The molecule has 0 spiro atoms. The van der Waals surface area contributed by atoms with E-state index in [9.17, 15) is 32.7 Å². The van der Waals surface area contributed by atoms with Gasteiger partial charge in [0.1, 0.15) is 17.6 Å². The third kappa shape index (κ3) is 5.21. The molecular formula is C22H32N4O7S. The lowest BCUT2D eigenvalue weighted by Gasteiger charge is -2.29. The van der Waals surface area contributed by atoms with Crippen molar-refractivity contribution in [3.8, 4) is 0 Å². The van der Waals surface area contributed by atoms with Crippen molar-refractivity contribution in [2.45, 2.75) is 87.1 Å². The van der Waals surface area contributed by atoms with E-state index >= 15 is 0 Å². The number of carboxylic acid groups (broad SMARTS) is 1. The van der Waals surface area contributed by atoms with Crippen LogP contribution in [-0.2, 0) is 24.4 Å². The first-order valence-corrected chi connectivity index (χ1v) is 13.5. The van der Waals surface area contributed by atoms with Gasteiger partial charge in [-0.05, 0) is 51.4 Å². The Hall–Kier alpha value is -2.63. The summed E-state index contributed by atoms with van der Waals surface area (Å²) in [5, 5.41) is 13.7. The molecule has 12 heteroatoms. The monoisotopic (exact) mass is 496 g/mol. The Labute approximate surface area is 198 Å². The van der Waals surface area contributed by atoms with Gasteiger partial charge in [-0.15, -0.1) is 0 Å². The number of sulfonamides is 1. The molecule has 0 aromatic rings. The van der Waals surface area contributed by atoms with Crippen LogP contribution in [0, 0.1) is 5.92 Å². The van der Waals surface area contributed by atoms with Gasteiger partial charge >= 0.3 is 6.09 Å². The zero-order valence-electron chi connectivity index (χ0n) is 19.0. The van der Waals surface area contributed by atoms with E-state index in [1.807, 2.05) is 12.2 Å². The van der Waals surface area contributed by atoms with Crippen molar-refractivity contribution in [3.05, 3.63) is 12.2 Å². The Bertz CT molecular complexity index is 993. The molecule has 4 rings (SSSR count). The Morgan fingerprint density at radius 1 is 1.09 bits per heavy atom. The SMILES string of the molecule is O=C(O)NC1CCCCC/C=C/C2CC2(C(=O)NS(=O)(=O)C2CC2)NC(=O)C2CCCN2C1=O. The first kappa shape index (κ1) is 24.5. The van der Waals surface area contributed by atoms with E-state index in [1.54, 1.807) is 0 Å². The maximum atomic E-state index is 13.3. The van der Waals surface area contributed by atoms with Crippen LogP contribution in [0.1, 0.15) is 64.2 Å². The minimum absolute atomic E-state index is 0.283. The molecule has 3 fully saturated rings. The predicted octanol–water partition coefficient (Wildman–Crippen LogP) is 0.617. The average molecular weight is 497 g/mol. The molecule has 4 unspecified atom stereocenters. The number of rotatable bonds is 4. The van der Waals surface area contributed by atoms with Gasteiger partial charge in [0.25, 0.3) is 5.91 Å². The fourth-order valence-electron chi connectivity index (χ4n) is 4.92. The minimum atomic E-state index is -3.78. The second-order valence-electron chi connectivity index (χ2n) is 9.70. The zero-order chi connectivity index (χ0) is 24.5. The summed E-state index contributed by atoms with van der Waals surface area (Å²) < 4.78 is 26.9. The summed E-state index contributed by atoms with van der Waals surface area (Å²) >= 11 is 0. The molecule has 2 saturated carbocycles. The maximum Gasteiger partial charge on any atom is 0.405 e. The highest BCUT2D eigenvalue weighted by Gasteiger charge is 2.61. The number of allylic oxidation sites excluding steroid dienone is 1. The fraction of sp³-hybridized carbons (Fsp3) is 0.727. The summed E-state index contributed by atoms with van der Waals surface area (Å²) in [6, 6.07) is -1.79. The van der Waals surface area contributed by atoms with Crippen LogP contribution < -0.4 is 15.4 Å². The molecule has 4 amide bonds. The normalized spacial score (nSPS) is 33.4. The van der Waals surface area contributed by atoms with E-state index in [0.717, 1.165) is 19.3 Å². The van der Waals surface area contributed by atoms with Crippen LogP contribution in [0.25, 0.3) is 0 Å². The Morgan fingerprint density at radius 2 is 1.85 bits per heavy atom. The number of amides is 4. The number of nitrogens with zero attached hydrogens (tertiary/aromatic N) is 1. The molecule has 0 aromatic heterocycles. The van der Waals surface area contributed by atoms with Gasteiger partial charge in [0.2, 0.25) is 21.8 Å². The van der Waals surface area contributed by atoms with Crippen molar-refractivity contribution >= 4 is 33.8 Å². The number of fused-ring (bicyclic) bond motifs is 2. The van der Waals surface area contributed by atoms with E-state index in [-0.39, 0.29) is 12.3 Å². The summed E-state index contributed by atoms with van der Waals surface area (Å²) in [6.45, 7) is 0.313. The zero-order valence-corrected chi connectivity index (χ0v) is 19.8. The van der Waals surface area contributed by atoms with Gasteiger partial charge in [0, 0.05) is 12.5 Å². The molecule has 0 radical (unpaired) electrons. The second kappa shape index (κ2) is 9.55. The molecule has 2 heterocycles. The highest BCUT2D eigenvalue weighted by atomic mass is 32.2. The van der Waals surface area contributed by atoms with E-state index in [0.29, 0.717) is 45.1 Å². The lowest BCUT2D eigenvalue weighted by molar-refractivity contribution is -0.141. The summed E-state index contributed by atoms with van der Waals surface area (Å²) in [5.41, 5.74) is -1.37. The largest absolute Gasteiger partial charge is 0.465 e. The molecular weight excluding hydrogens is 464 g/mol. The van der Waals surface area contributed by atoms with Crippen molar-refractivity contribution < 1.29 is 32.7 Å². The Kier molecular flexibility index (Phi) is 6.88. The van der Waals surface area contributed by atoms with E-state index in [4.69, 9.17) is 0 Å². The van der Waals surface area contributed by atoms with Crippen molar-refractivity contribution in [1.29, 1.82) is 0 Å². The lowest BCUT2D eigenvalue weighted by atomic mass is 10.1. The molecule has 2 aliphatic heterocycles. The van der Waals surface area contributed by atoms with Crippen molar-refractivity contribution in [1.82, 2.24) is 20.3 Å². The first-order valence-electron chi connectivity index (χ1n) is 12.0. The van der Waals surface area contributed by atoms with Gasteiger partial charge in [-0.1, -0.05) is 25.0 Å². The minimum Gasteiger partial charge on any atom is -0.465 e. The topological polar surface area (TPSA) is 162 Å². The number of carbonyl (C=O) groups excluding carboxylic acids is 3. The molecule has 2 aliphatic carbocycles. The average Bonchev–Trinajstić information content (AvgIpc) is 3.68. The van der Waals surface area contributed by atoms with Crippen LogP contribution in [0.4, 0.5) is 4.79 Å². The second-order valence-corrected chi connectivity index (χ2v) is 11.7. The number of nitrogens with one attached hydrogen (secondary N) is 3.